The van der Waals surface area contributed by atoms with Crippen LogP contribution in [0.4, 0.5) is 4.39 Å². The van der Waals surface area contributed by atoms with E-state index in [1.54, 1.807) is 6.92 Å². The van der Waals surface area contributed by atoms with E-state index in [9.17, 15) is 14.3 Å². The van der Waals surface area contributed by atoms with Gasteiger partial charge in [-0.3, -0.25) is 4.79 Å². The largest absolute Gasteiger partial charge is 0.507 e. The van der Waals surface area contributed by atoms with Crippen molar-refractivity contribution in [1.29, 1.82) is 0 Å². The summed E-state index contributed by atoms with van der Waals surface area (Å²) in [7, 11) is 0. The molecule has 2 rings (SSSR count). The van der Waals surface area contributed by atoms with E-state index >= 15 is 0 Å². The Morgan fingerprint density at radius 2 is 1.95 bits per heavy atom. The summed E-state index contributed by atoms with van der Waals surface area (Å²) in [4.78, 5) is 12.3. The van der Waals surface area contributed by atoms with Crippen molar-refractivity contribution in [2.45, 2.75) is 12.5 Å². The average Bonchev–Trinajstić information content (AvgIpc) is 2.50. The quantitative estimate of drug-likeness (QED) is 0.806. The van der Waals surface area contributed by atoms with Crippen LogP contribution in [0, 0.1) is 5.82 Å². The van der Waals surface area contributed by atoms with Crippen LogP contribution in [0.2, 0.25) is 0 Å². The zero-order valence-corrected chi connectivity index (χ0v) is 11.6. The third-order valence-electron chi connectivity index (χ3n) is 3.41. The highest BCUT2D eigenvalue weighted by atomic mass is 19.1. The van der Waals surface area contributed by atoms with Crippen molar-refractivity contribution < 1.29 is 14.3 Å². The first kappa shape index (κ1) is 15.0. The highest BCUT2D eigenvalue weighted by Crippen LogP contribution is 2.23. The Morgan fingerprint density at radius 1 is 1.29 bits per heavy atom. The second-order valence-electron chi connectivity index (χ2n) is 5.02. The van der Waals surface area contributed by atoms with Crippen molar-refractivity contribution >= 4 is 5.91 Å². The first-order chi connectivity index (χ1) is 9.96. The SMILES string of the molecule is CC(CN)(NC(=O)c1cc(F)ccc1O)c1ccccc1. The van der Waals surface area contributed by atoms with Crippen LogP contribution in [0.1, 0.15) is 22.8 Å². The van der Waals surface area contributed by atoms with Crippen molar-refractivity contribution in [3.05, 3.63) is 65.5 Å². The maximum atomic E-state index is 13.2. The second-order valence-corrected chi connectivity index (χ2v) is 5.02. The van der Waals surface area contributed by atoms with E-state index < -0.39 is 17.3 Å². The van der Waals surface area contributed by atoms with Crippen LogP contribution in [0.3, 0.4) is 0 Å². The highest BCUT2D eigenvalue weighted by molar-refractivity contribution is 5.97. The number of benzene rings is 2. The van der Waals surface area contributed by atoms with Gasteiger partial charge in [0.15, 0.2) is 0 Å². The normalized spacial score (nSPS) is 13.5. The molecule has 2 aromatic rings. The molecule has 1 amide bonds. The van der Waals surface area contributed by atoms with Crippen LogP contribution in [-0.4, -0.2) is 17.6 Å². The molecule has 1 unspecified atom stereocenters. The zero-order valence-electron chi connectivity index (χ0n) is 11.6. The molecule has 4 nitrogen and oxygen atoms in total. The van der Waals surface area contributed by atoms with Crippen molar-refractivity contribution in [1.82, 2.24) is 5.32 Å². The number of phenols is 1. The minimum Gasteiger partial charge on any atom is -0.507 e. The van der Waals surface area contributed by atoms with E-state index in [2.05, 4.69) is 5.32 Å². The Balaban J connectivity index is 2.30. The predicted octanol–water partition coefficient (Wildman–Crippen LogP) is 2.14. The monoisotopic (exact) mass is 288 g/mol. The van der Waals surface area contributed by atoms with Gasteiger partial charge < -0.3 is 16.2 Å². The van der Waals surface area contributed by atoms with Crippen LogP contribution in [0.25, 0.3) is 0 Å². The van der Waals surface area contributed by atoms with Crippen LogP contribution in [-0.2, 0) is 5.54 Å². The number of phenolic OH excluding ortho intramolecular Hbond substituents is 1. The molecule has 0 saturated carbocycles. The number of nitrogens with one attached hydrogen (secondary N) is 1. The van der Waals surface area contributed by atoms with Crippen molar-refractivity contribution in [2.75, 3.05) is 6.54 Å². The molecule has 2 aromatic carbocycles. The van der Waals surface area contributed by atoms with E-state index in [1.165, 1.54) is 0 Å². The van der Waals surface area contributed by atoms with Gasteiger partial charge in [-0.25, -0.2) is 4.39 Å². The molecule has 0 bridgehead atoms. The van der Waals surface area contributed by atoms with Crippen LogP contribution in [0.5, 0.6) is 5.75 Å². The zero-order chi connectivity index (χ0) is 15.5. The molecule has 110 valence electrons. The average molecular weight is 288 g/mol. The molecule has 0 radical (unpaired) electrons. The van der Waals surface area contributed by atoms with Crippen molar-refractivity contribution in [2.24, 2.45) is 5.73 Å². The number of carbonyl (C=O) groups excluding carboxylic acids is 1. The highest BCUT2D eigenvalue weighted by Gasteiger charge is 2.28. The van der Waals surface area contributed by atoms with Crippen LogP contribution in [0.15, 0.2) is 48.5 Å². The van der Waals surface area contributed by atoms with Gasteiger partial charge in [-0.2, -0.15) is 0 Å². The van der Waals surface area contributed by atoms with Crippen LogP contribution >= 0.6 is 0 Å². The molecule has 0 aliphatic heterocycles. The number of rotatable bonds is 4. The number of amides is 1. The topological polar surface area (TPSA) is 75.3 Å². The summed E-state index contributed by atoms with van der Waals surface area (Å²) in [6.45, 7) is 1.94. The smallest absolute Gasteiger partial charge is 0.255 e. The maximum Gasteiger partial charge on any atom is 0.255 e. The first-order valence-electron chi connectivity index (χ1n) is 6.53. The molecule has 4 N–H and O–H groups in total. The Labute approximate surface area is 122 Å². The van der Waals surface area contributed by atoms with Gasteiger partial charge in [0, 0.05) is 6.54 Å². The number of hydrogen-bond acceptors (Lipinski definition) is 3. The van der Waals surface area contributed by atoms with E-state index in [1.807, 2.05) is 30.3 Å². The fourth-order valence-electron chi connectivity index (χ4n) is 2.06. The van der Waals surface area contributed by atoms with Gasteiger partial charge in [0.2, 0.25) is 0 Å². The summed E-state index contributed by atoms with van der Waals surface area (Å²) >= 11 is 0. The lowest BCUT2D eigenvalue weighted by atomic mass is 9.91. The third-order valence-corrected chi connectivity index (χ3v) is 3.41. The first-order valence-corrected chi connectivity index (χ1v) is 6.53. The standard InChI is InChI=1S/C16H17FN2O2/c1-16(10-18,11-5-3-2-4-6-11)19-15(21)13-9-12(17)7-8-14(13)20/h2-9,20H,10,18H2,1H3,(H,19,21). The number of carbonyl (C=O) groups is 1. The molecule has 0 aromatic heterocycles. The summed E-state index contributed by atoms with van der Waals surface area (Å²) in [5, 5.41) is 12.4. The summed E-state index contributed by atoms with van der Waals surface area (Å²) in [5.41, 5.74) is 5.68. The Hall–Kier alpha value is -2.40. The van der Waals surface area contributed by atoms with E-state index in [-0.39, 0.29) is 17.9 Å². The van der Waals surface area contributed by atoms with E-state index in [0.29, 0.717) is 0 Å². The van der Waals surface area contributed by atoms with Gasteiger partial charge in [-0.15, -0.1) is 0 Å². The van der Waals surface area contributed by atoms with E-state index in [4.69, 9.17) is 5.73 Å². The van der Waals surface area contributed by atoms with Gasteiger partial charge in [0.25, 0.3) is 5.91 Å². The third kappa shape index (κ3) is 3.20. The van der Waals surface area contributed by atoms with Gasteiger partial charge in [0.05, 0.1) is 11.1 Å². The molecule has 0 aliphatic carbocycles. The lowest BCUT2D eigenvalue weighted by molar-refractivity contribution is 0.0904. The predicted molar refractivity (Wildman–Crippen MR) is 78.4 cm³/mol. The van der Waals surface area contributed by atoms with Crippen molar-refractivity contribution in [3.8, 4) is 5.75 Å². The minimum atomic E-state index is -0.808. The van der Waals surface area contributed by atoms with E-state index in [0.717, 1.165) is 23.8 Å². The fourth-order valence-corrected chi connectivity index (χ4v) is 2.06. The van der Waals surface area contributed by atoms with Gasteiger partial charge >= 0.3 is 0 Å². The molecule has 21 heavy (non-hydrogen) atoms. The number of hydrogen-bond donors (Lipinski definition) is 3. The molecule has 5 heteroatoms. The van der Waals surface area contributed by atoms with Gasteiger partial charge in [-0.05, 0) is 30.7 Å². The van der Waals surface area contributed by atoms with Crippen molar-refractivity contribution in [3.63, 3.8) is 0 Å². The summed E-state index contributed by atoms with van der Waals surface area (Å²) in [6, 6.07) is 12.5. The number of nitrogens with two attached hydrogens (primary N) is 1. The number of aromatic hydroxyl groups is 1. The van der Waals surface area contributed by atoms with Crippen LogP contribution < -0.4 is 11.1 Å². The molecular weight excluding hydrogens is 271 g/mol. The second kappa shape index (κ2) is 5.93. The fraction of sp³-hybridized carbons (Fsp3) is 0.188. The molecule has 0 spiro atoms. The molecule has 0 heterocycles. The van der Waals surface area contributed by atoms with Gasteiger partial charge in [-0.1, -0.05) is 30.3 Å². The Morgan fingerprint density at radius 3 is 2.57 bits per heavy atom. The van der Waals surface area contributed by atoms with Gasteiger partial charge in [0.1, 0.15) is 11.6 Å². The lowest BCUT2D eigenvalue weighted by Crippen LogP contribution is -2.48. The molecular formula is C16H17FN2O2. The number of halogens is 1. The molecule has 1 atom stereocenters. The lowest BCUT2D eigenvalue weighted by Gasteiger charge is -2.30. The molecule has 0 aliphatic rings. The summed E-state index contributed by atoms with van der Waals surface area (Å²) in [6.07, 6.45) is 0. The molecule has 0 saturated heterocycles. The Bertz CT molecular complexity index is 646. The molecule has 0 fully saturated rings. The minimum absolute atomic E-state index is 0.120. The summed E-state index contributed by atoms with van der Waals surface area (Å²) in [5.74, 6) is -1.45. The summed E-state index contributed by atoms with van der Waals surface area (Å²) < 4.78 is 13.2. The Kier molecular flexibility index (Phi) is 4.23. The maximum absolute atomic E-state index is 13.2.